The van der Waals surface area contributed by atoms with Crippen LogP contribution in [0.25, 0.3) is 0 Å². The van der Waals surface area contributed by atoms with Gasteiger partial charge in [0.2, 0.25) is 0 Å². The highest BCUT2D eigenvalue weighted by molar-refractivity contribution is 5.60. The summed E-state index contributed by atoms with van der Waals surface area (Å²) in [5, 5.41) is 0. The Morgan fingerprint density at radius 2 is 1.91 bits per heavy atom. The second kappa shape index (κ2) is 5.44. The van der Waals surface area contributed by atoms with Crippen molar-refractivity contribution in [3.05, 3.63) is 65.2 Å². The molecule has 0 amide bonds. The highest BCUT2D eigenvalue weighted by atomic mass is 16.5. The molecule has 2 nitrogen and oxygen atoms in total. The Balaban J connectivity index is 1.85. The molecular formula is C20H23NO. The van der Waals surface area contributed by atoms with Gasteiger partial charge in [-0.1, -0.05) is 48.0 Å². The number of anilines is 1. The first-order valence-corrected chi connectivity index (χ1v) is 8.25. The Labute approximate surface area is 132 Å². The van der Waals surface area contributed by atoms with Crippen LogP contribution in [0.2, 0.25) is 0 Å². The number of benzene rings is 2. The molecule has 4 rings (SSSR count). The van der Waals surface area contributed by atoms with Crippen LogP contribution in [0, 0.1) is 12.8 Å². The number of fused-ring (bicyclic) bond motifs is 3. The average molecular weight is 293 g/mol. The lowest BCUT2D eigenvalue weighted by Gasteiger charge is -2.48. The van der Waals surface area contributed by atoms with Crippen LogP contribution in [-0.4, -0.2) is 13.7 Å². The standard InChI is InChI=1S/C20H23NO/c1-14-10-11-18-17(13-14)20-16(9-6-12-22-20)19(21(18)2)15-7-4-3-5-8-15/h3-5,7-8,10-11,13,16,19-20H,6,9,12H2,1-2H3. The molecule has 0 saturated carbocycles. The molecule has 3 atom stereocenters. The number of nitrogens with zero attached hydrogens (tertiary/aromatic N) is 1. The minimum absolute atomic E-state index is 0.241. The molecule has 2 aliphatic rings. The topological polar surface area (TPSA) is 12.5 Å². The number of ether oxygens (including phenoxy) is 1. The van der Waals surface area contributed by atoms with Crippen LogP contribution in [0.15, 0.2) is 48.5 Å². The summed E-state index contributed by atoms with van der Waals surface area (Å²) < 4.78 is 6.24. The predicted molar refractivity (Wildman–Crippen MR) is 90.2 cm³/mol. The monoisotopic (exact) mass is 293 g/mol. The fourth-order valence-corrected chi connectivity index (χ4v) is 4.23. The maximum absolute atomic E-state index is 6.24. The fourth-order valence-electron chi connectivity index (χ4n) is 4.23. The van der Waals surface area contributed by atoms with Gasteiger partial charge >= 0.3 is 0 Å². The average Bonchev–Trinajstić information content (AvgIpc) is 2.56. The third kappa shape index (κ3) is 2.14. The predicted octanol–water partition coefficient (Wildman–Crippen LogP) is 4.65. The number of rotatable bonds is 1. The van der Waals surface area contributed by atoms with Crippen molar-refractivity contribution in [2.24, 2.45) is 5.92 Å². The van der Waals surface area contributed by atoms with Crippen LogP contribution in [0.5, 0.6) is 0 Å². The maximum Gasteiger partial charge on any atom is 0.0896 e. The molecular weight excluding hydrogens is 270 g/mol. The highest BCUT2D eigenvalue weighted by Gasteiger charge is 2.42. The van der Waals surface area contributed by atoms with Gasteiger partial charge < -0.3 is 9.64 Å². The van der Waals surface area contributed by atoms with Crippen LogP contribution in [0.4, 0.5) is 5.69 Å². The largest absolute Gasteiger partial charge is 0.373 e. The molecule has 0 aliphatic carbocycles. The van der Waals surface area contributed by atoms with E-state index in [2.05, 4.69) is 67.4 Å². The van der Waals surface area contributed by atoms with Gasteiger partial charge in [-0.25, -0.2) is 0 Å². The molecule has 0 aromatic heterocycles. The first kappa shape index (κ1) is 13.8. The summed E-state index contributed by atoms with van der Waals surface area (Å²) >= 11 is 0. The third-order valence-corrected chi connectivity index (χ3v) is 5.20. The van der Waals surface area contributed by atoms with Gasteiger partial charge in [0.1, 0.15) is 0 Å². The van der Waals surface area contributed by atoms with E-state index in [4.69, 9.17) is 4.74 Å². The molecule has 0 radical (unpaired) electrons. The maximum atomic E-state index is 6.24. The number of hydrogen-bond donors (Lipinski definition) is 0. The van der Waals surface area contributed by atoms with Crippen molar-refractivity contribution in [1.82, 2.24) is 0 Å². The molecule has 2 aromatic rings. The van der Waals surface area contributed by atoms with Gasteiger partial charge in [-0.05, 0) is 31.4 Å². The first-order valence-electron chi connectivity index (χ1n) is 8.25. The number of aryl methyl sites for hydroxylation is 1. The summed E-state index contributed by atoms with van der Waals surface area (Å²) in [7, 11) is 2.23. The van der Waals surface area contributed by atoms with Gasteiger partial charge in [-0.15, -0.1) is 0 Å². The fraction of sp³-hybridized carbons (Fsp3) is 0.400. The Morgan fingerprint density at radius 3 is 2.73 bits per heavy atom. The minimum Gasteiger partial charge on any atom is -0.373 e. The van der Waals surface area contributed by atoms with Crippen molar-refractivity contribution in [3.8, 4) is 0 Å². The van der Waals surface area contributed by atoms with Crippen molar-refractivity contribution < 1.29 is 4.74 Å². The van der Waals surface area contributed by atoms with Crippen molar-refractivity contribution in [1.29, 1.82) is 0 Å². The normalized spacial score (nSPS) is 27.2. The Hall–Kier alpha value is -1.80. The molecule has 2 aliphatic heterocycles. The summed E-state index contributed by atoms with van der Waals surface area (Å²) in [6, 6.07) is 18.1. The lowest BCUT2D eigenvalue weighted by molar-refractivity contribution is -0.0420. The smallest absolute Gasteiger partial charge is 0.0896 e. The van der Waals surface area contributed by atoms with E-state index >= 15 is 0 Å². The lowest BCUT2D eigenvalue weighted by atomic mass is 9.76. The summed E-state index contributed by atoms with van der Waals surface area (Å²) in [5.74, 6) is 0.537. The van der Waals surface area contributed by atoms with Crippen molar-refractivity contribution in [2.45, 2.75) is 31.9 Å². The zero-order chi connectivity index (χ0) is 15.1. The third-order valence-electron chi connectivity index (χ3n) is 5.20. The summed E-state index contributed by atoms with van der Waals surface area (Å²) in [6.45, 7) is 3.06. The van der Waals surface area contributed by atoms with Crippen LogP contribution in [-0.2, 0) is 4.74 Å². The van der Waals surface area contributed by atoms with E-state index in [-0.39, 0.29) is 6.10 Å². The van der Waals surface area contributed by atoms with Gasteiger partial charge in [0.25, 0.3) is 0 Å². The lowest BCUT2D eigenvalue weighted by Crippen LogP contribution is -2.41. The highest BCUT2D eigenvalue weighted by Crippen LogP contribution is 2.51. The first-order chi connectivity index (χ1) is 10.8. The molecule has 0 spiro atoms. The van der Waals surface area contributed by atoms with Gasteiger partial charge in [-0.2, -0.15) is 0 Å². The summed E-state index contributed by atoms with van der Waals surface area (Å²) in [5.41, 5.74) is 5.41. The molecule has 1 fully saturated rings. The second-order valence-corrected chi connectivity index (χ2v) is 6.63. The van der Waals surface area contributed by atoms with E-state index in [1.165, 1.54) is 35.2 Å². The molecule has 2 heteroatoms. The SMILES string of the molecule is Cc1ccc2c(c1)C1OCCCC1C(c1ccccc1)N2C. The van der Waals surface area contributed by atoms with E-state index in [0.29, 0.717) is 12.0 Å². The molecule has 1 saturated heterocycles. The van der Waals surface area contributed by atoms with Crippen LogP contribution < -0.4 is 4.90 Å². The molecule has 0 N–H and O–H groups in total. The van der Waals surface area contributed by atoms with E-state index in [1.807, 2.05) is 0 Å². The van der Waals surface area contributed by atoms with Gasteiger partial charge in [0.15, 0.2) is 0 Å². The van der Waals surface area contributed by atoms with Gasteiger partial charge in [-0.3, -0.25) is 0 Å². The molecule has 2 heterocycles. The van der Waals surface area contributed by atoms with Crippen molar-refractivity contribution in [2.75, 3.05) is 18.6 Å². The van der Waals surface area contributed by atoms with Crippen LogP contribution in [0.3, 0.4) is 0 Å². The molecule has 3 unspecified atom stereocenters. The van der Waals surface area contributed by atoms with Crippen LogP contribution in [0.1, 0.15) is 41.7 Å². The van der Waals surface area contributed by atoms with E-state index < -0.39 is 0 Å². The van der Waals surface area contributed by atoms with E-state index in [1.54, 1.807) is 0 Å². The molecule has 2 aromatic carbocycles. The molecule has 22 heavy (non-hydrogen) atoms. The van der Waals surface area contributed by atoms with Crippen molar-refractivity contribution in [3.63, 3.8) is 0 Å². The quantitative estimate of drug-likeness (QED) is 0.758. The van der Waals surface area contributed by atoms with E-state index in [9.17, 15) is 0 Å². The zero-order valence-electron chi connectivity index (χ0n) is 13.3. The molecule has 0 bridgehead atoms. The zero-order valence-corrected chi connectivity index (χ0v) is 13.3. The Morgan fingerprint density at radius 1 is 1.09 bits per heavy atom. The Kier molecular flexibility index (Phi) is 3.42. The molecule has 114 valence electrons. The Bertz CT molecular complexity index is 667. The number of hydrogen-bond acceptors (Lipinski definition) is 2. The van der Waals surface area contributed by atoms with Gasteiger partial charge in [0.05, 0.1) is 12.1 Å². The van der Waals surface area contributed by atoms with Gasteiger partial charge in [0, 0.05) is 30.8 Å². The van der Waals surface area contributed by atoms with Crippen molar-refractivity contribution >= 4 is 5.69 Å². The van der Waals surface area contributed by atoms with E-state index in [0.717, 1.165) is 6.61 Å². The van der Waals surface area contributed by atoms with Crippen LogP contribution >= 0.6 is 0 Å². The second-order valence-electron chi connectivity index (χ2n) is 6.63. The summed E-state index contributed by atoms with van der Waals surface area (Å²) in [6.07, 6.45) is 2.64. The summed E-state index contributed by atoms with van der Waals surface area (Å²) in [4.78, 5) is 2.46. The minimum atomic E-state index is 0.241.